The molecule has 0 spiro atoms. The minimum atomic E-state index is -0.888. The number of benzene rings is 2. The predicted molar refractivity (Wildman–Crippen MR) is 105 cm³/mol. The van der Waals surface area contributed by atoms with Gasteiger partial charge in [0, 0.05) is 12.1 Å². The van der Waals surface area contributed by atoms with Gasteiger partial charge in [0.1, 0.15) is 12.4 Å². The Morgan fingerprint density at radius 2 is 1.79 bits per heavy atom. The molecule has 1 heterocycles. The molecule has 2 aromatic carbocycles. The molecule has 3 rings (SSSR count). The first kappa shape index (κ1) is 20.5. The fourth-order valence-electron chi connectivity index (χ4n) is 3.22. The lowest BCUT2D eigenvalue weighted by atomic mass is 9.98. The van der Waals surface area contributed by atoms with Gasteiger partial charge in [-0.3, -0.25) is 9.59 Å². The number of carbonyl (C=O) groups excluding carboxylic acids is 2. The van der Waals surface area contributed by atoms with Crippen LogP contribution in [0.3, 0.4) is 0 Å². The third-order valence-electron chi connectivity index (χ3n) is 4.68. The van der Waals surface area contributed by atoms with Crippen LogP contribution in [-0.2, 0) is 20.9 Å². The van der Waals surface area contributed by atoms with Gasteiger partial charge in [0.15, 0.2) is 17.6 Å². The Kier molecular flexibility index (Phi) is 6.56. The summed E-state index contributed by atoms with van der Waals surface area (Å²) in [7, 11) is 4.64. The van der Waals surface area contributed by atoms with Gasteiger partial charge in [-0.1, -0.05) is 24.3 Å². The molecular weight excluding hydrogens is 376 g/mol. The first-order chi connectivity index (χ1) is 14.1. The van der Waals surface area contributed by atoms with Crippen LogP contribution in [0.4, 0.5) is 0 Å². The minimum Gasteiger partial charge on any atom is -0.496 e. The molecular formula is C21H24N2O6. The van der Waals surface area contributed by atoms with E-state index in [4.69, 9.17) is 18.9 Å². The van der Waals surface area contributed by atoms with Crippen LogP contribution in [0.1, 0.15) is 17.2 Å². The lowest BCUT2D eigenvalue weighted by Crippen LogP contribution is -2.52. The van der Waals surface area contributed by atoms with Crippen LogP contribution in [0.2, 0.25) is 0 Å². The molecule has 2 aromatic rings. The van der Waals surface area contributed by atoms with Crippen molar-refractivity contribution in [3.8, 4) is 17.2 Å². The first-order valence-corrected chi connectivity index (χ1v) is 9.10. The maximum absolute atomic E-state index is 12.9. The largest absolute Gasteiger partial charge is 0.496 e. The van der Waals surface area contributed by atoms with Gasteiger partial charge in [0.05, 0.1) is 27.4 Å². The predicted octanol–water partition coefficient (Wildman–Crippen LogP) is 1.58. The third kappa shape index (κ3) is 4.60. The van der Waals surface area contributed by atoms with Crippen molar-refractivity contribution in [1.29, 1.82) is 0 Å². The first-order valence-electron chi connectivity index (χ1n) is 9.10. The van der Waals surface area contributed by atoms with Crippen LogP contribution in [0.25, 0.3) is 0 Å². The molecule has 8 nitrogen and oxygen atoms in total. The van der Waals surface area contributed by atoms with Crippen LogP contribution in [0.5, 0.6) is 17.2 Å². The SMILES string of the molecule is COc1ccccc1CNC(=O)[C@H]1OCC(=O)N[C@@H]1c1ccc(OC)c(OC)c1. The average Bonchev–Trinajstić information content (AvgIpc) is 2.77. The second-order valence-electron chi connectivity index (χ2n) is 6.42. The molecule has 0 aliphatic carbocycles. The van der Waals surface area contributed by atoms with E-state index in [-0.39, 0.29) is 25.0 Å². The zero-order valence-corrected chi connectivity index (χ0v) is 16.6. The summed E-state index contributed by atoms with van der Waals surface area (Å²) in [6.07, 6.45) is -0.888. The Labute approximate surface area is 169 Å². The van der Waals surface area contributed by atoms with Crippen molar-refractivity contribution in [3.63, 3.8) is 0 Å². The number of rotatable bonds is 7. The summed E-state index contributed by atoms with van der Waals surface area (Å²) in [4.78, 5) is 24.8. The number of ether oxygens (including phenoxy) is 4. The van der Waals surface area contributed by atoms with E-state index in [2.05, 4.69) is 10.6 Å². The highest BCUT2D eigenvalue weighted by atomic mass is 16.5. The number of methoxy groups -OCH3 is 3. The van der Waals surface area contributed by atoms with Crippen molar-refractivity contribution in [2.75, 3.05) is 27.9 Å². The fraction of sp³-hybridized carbons (Fsp3) is 0.333. The fourth-order valence-corrected chi connectivity index (χ4v) is 3.22. The molecule has 1 aliphatic rings. The lowest BCUT2D eigenvalue weighted by molar-refractivity contribution is -0.148. The molecule has 2 N–H and O–H groups in total. The minimum absolute atomic E-state index is 0.184. The van der Waals surface area contributed by atoms with Crippen LogP contribution < -0.4 is 24.8 Å². The van der Waals surface area contributed by atoms with Crippen molar-refractivity contribution in [1.82, 2.24) is 10.6 Å². The van der Waals surface area contributed by atoms with E-state index in [1.165, 1.54) is 14.2 Å². The molecule has 0 saturated carbocycles. The number of hydrogen-bond donors (Lipinski definition) is 2. The quantitative estimate of drug-likeness (QED) is 0.733. The third-order valence-corrected chi connectivity index (χ3v) is 4.68. The monoisotopic (exact) mass is 400 g/mol. The molecule has 1 aliphatic heterocycles. The molecule has 8 heteroatoms. The molecule has 1 fully saturated rings. The normalized spacial score (nSPS) is 18.5. The van der Waals surface area contributed by atoms with Gasteiger partial charge in [-0.15, -0.1) is 0 Å². The standard InChI is InChI=1S/C21H24N2O6/c1-26-15-7-5-4-6-14(15)11-22-21(25)20-19(23-18(24)12-29-20)13-8-9-16(27-2)17(10-13)28-3/h4-10,19-20H,11-12H2,1-3H3,(H,22,25)(H,23,24)/t19-,20+/m1/s1. The summed E-state index contributed by atoms with van der Waals surface area (Å²) < 4.78 is 21.5. The summed E-state index contributed by atoms with van der Waals surface area (Å²) >= 11 is 0. The Bertz CT molecular complexity index is 885. The van der Waals surface area contributed by atoms with Crippen molar-refractivity contribution in [2.24, 2.45) is 0 Å². The molecule has 0 bridgehead atoms. The van der Waals surface area contributed by atoms with E-state index in [1.807, 2.05) is 24.3 Å². The number of amides is 2. The average molecular weight is 400 g/mol. The lowest BCUT2D eigenvalue weighted by Gasteiger charge is -2.32. The van der Waals surface area contributed by atoms with E-state index in [1.54, 1.807) is 25.3 Å². The zero-order valence-electron chi connectivity index (χ0n) is 16.6. The second-order valence-corrected chi connectivity index (χ2v) is 6.42. The molecule has 0 radical (unpaired) electrons. The highest BCUT2D eigenvalue weighted by molar-refractivity contribution is 5.86. The Morgan fingerprint density at radius 3 is 2.52 bits per heavy atom. The smallest absolute Gasteiger partial charge is 0.251 e. The number of hydrogen-bond acceptors (Lipinski definition) is 6. The number of nitrogens with one attached hydrogen (secondary N) is 2. The van der Waals surface area contributed by atoms with Crippen LogP contribution in [0, 0.1) is 0 Å². The number of carbonyl (C=O) groups is 2. The Morgan fingerprint density at radius 1 is 1.07 bits per heavy atom. The number of morpholine rings is 1. The van der Waals surface area contributed by atoms with Gasteiger partial charge < -0.3 is 29.6 Å². The van der Waals surface area contributed by atoms with Crippen molar-refractivity contribution < 1.29 is 28.5 Å². The molecule has 0 aromatic heterocycles. The van der Waals surface area contributed by atoms with E-state index >= 15 is 0 Å². The van der Waals surface area contributed by atoms with Gasteiger partial charge in [0.2, 0.25) is 5.91 Å². The van der Waals surface area contributed by atoms with Crippen LogP contribution >= 0.6 is 0 Å². The van der Waals surface area contributed by atoms with E-state index in [0.29, 0.717) is 22.8 Å². The Hall–Kier alpha value is -3.26. The van der Waals surface area contributed by atoms with Gasteiger partial charge in [0.25, 0.3) is 5.91 Å². The summed E-state index contributed by atoms with van der Waals surface area (Å²) in [5.41, 5.74) is 1.51. The molecule has 154 valence electrons. The maximum atomic E-state index is 12.9. The van der Waals surface area contributed by atoms with Gasteiger partial charge in [-0.25, -0.2) is 0 Å². The highest BCUT2D eigenvalue weighted by Crippen LogP contribution is 2.32. The van der Waals surface area contributed by atoms with Gasteiger partial charge >= 0.3 is 0 Å². The zero-order chi connectivity index (χ0) is 20.8. The summed E-state index contributed by atoms with van der Waals surface area (Å²) in [6, 6.07) is 12.0. The molecule has 2 atom stereocenters. The molecule has 29 heavy (non-hydrogen) atoms. The van der Waals surface area contributed by atoms with Crippen LogP contribution in [-0.4, -0.2) is 45.9 Å². The van der Waals surface area contributed by atoms with E-state index in [0.717, 1.165) is 5.56 Å². The topological polar surface area (TPSA) is 95.1 Å². The second kappa shape index (κ2) is 9.29. The summed E-state index contributed by atoms with van der Waals surface area (Å²) in [5, 5.41) is 5.69. The van der Waals surface area contributed by atoms with E-state index in [9.17, 15) is 9.59 Å². The molecule has 0 unspecified atom stereocenters. The Balaban J connectivity index is 1.79. The van der Waals surface area contributed by atoms with Crippen molar-refractivity contribution in [2.45, 2.75) is 18.7 Å². The van der Waals surface area contributed by atoms with Gasteiger partial charge in [-0.2, -0.15) is 0 Å². The van der Waals surface area contributed by atoms with Gasteiger partial charge in [-0.05, 0) is 23.8 Å². The summed E-state index contributed by atoms with van der Waals surface area (Å²) in [6.45, 7) is 0.0891. The number of para-hydroxylation sites is 1. The van der Waals surface area contributed by atoms with Crippen LogP contribution in [0.15, 0.2) is 42.5 Å². The van der Waals surface area contributed by atoms with E-state index < -0.39 is 12.1 Å². The highest BCUT2D eigenvalue weighted by Gasteiger charge is 2.36. The van der Waals surface area contributed by atoms with Crippen molar-refractivity contribution in [3.05, 3.63) is 53.6 Å². The summed E-state index contributed by atoms with van der Waals surface area (Å²) in [5.74, 6) is 1.10. The van der Waals surface area contributed by atoms with Crippen molar-refractivity contribution >= 4 is 11.8 Å². The maximum Gasteiger partial charge on any atom is 0.251 e. The molecule has 2 amide bonds. The molecule has 1 saturated heterocycles.